The minimum absolute atomic E-state index is 0.298. The molecule has 0 fully saturated rings. The van der Waals surface area contributed by atoms with E-state index in [9.17, 15) is 9.59 Å². The van der Waals surface area contributed by atoms with E-state index in [1.54, 1.807) is 50.2 Å². The summed E-state index contributed by atoms with van der Waals surface area (Å²) in [5.41, 5.74) is 1.87. The average Bonchev–Trinajstić information content (AvgIpc) is 2.55. The van der Waals surface area contributed by atoms with Crippen LogP contribution in [-0.2, 0) is 9.59 Å². The molecule has 24 heavy (non-hydrogen) atoms. The number of hydrogen-bond acceptors (Lipinski definition) is 4. The van der Waals surface area contributed by atoms with Crippen LogP contribution in [-0.4, -0.2) is 11.9 Å². The molecule has 122 valence electrons. The van der Waals surface area contributed by atoms with E-state index in [1.807, 2.05) is 12.1 Å². The number of esters is 2. The van der Waals surface area contributed by atoms with Gasteiger partial charge in [0.1, 0.15) is 11.5 Å². The van der Waals surface area contributed by atoms with Crippen molar-refractivity contribution >= 4 is 11.9 Å². The maximum absolute atomic E-state index is 11.8. The molecule has 0 atom stereocenters. The van der Waals surface area contributed by atoms with Gasteiger partial charge < -0.3 is 9.47 Å². The summed E-state index contributed by atoms with van der Waals surface area (Å²) in [5.74, 6) is -0.300. The first-order chi connectivity index (χ1) is 11.4. The Hall–Kier alpha value is -3.14. The minimum atomic E-state index is -0.515. The highest BCUT2D eigenvalue weighted by atomic mass is 16.5. The number of carbonyl (C=O) groups is 2. The van der Waals surface area contributed by atoms with Gasteiger partial charge in [0, 0.05) is 22.3 Å². The van der Waals surface area contributed by atoms with E-state index in [2.05, 4.69) is 13.2 Å². The van der Waals surface area contributed by atoms with E-state index < -0.39 is 11.9 Å². The first-order valence-electron chi connectivity index (χ1n) is 7.34. The Morgan fingerprint density at radius 1 is 0.708 bits per heavy atom. The zero-order valence-electron chi connectivity index (χ0n) is 13.7. The van der Waals surface area contributed by atoms with Gasteiger partial charge in [-0.3, -0.25) is 0 Å². The number of para-hydroxylation sites is 2. The van der Waals surface area contributed by atoms with Crippen LogP contribution in [0.15, 0.2) is 72.8 Å². The van der Waals surface area contributed by atoms with Gasteiger partial charge in [-0.1, -0.05) is 49.6 Å². The molecular weight excluding hydrogens is 304 g/mol. The van der Waals surface area contributed by atoms with Crippen molar-refractivity contribution in [2.24, 2.45) is 0 Å². The van der Waals surface area contributed by atoms with E-state index in [1.165, 1.54) is 0 Å². The van der Waals surface area contributed by atoms with Crippen molar-refractivity contribution in [2.75, 3.05) is 0 Å². The summed E-state index contributed by atoms with van der Waals surface area (Å²) in [4.78, 5) is 23.7. The summed E-state index contributed by atoms with van der Waals surface area (Å²) < 4.78 is 10.7. The van der Waals surface area contributed by atoms with Gasteiger partial charge in [-0.15, -0.1) is 0 Å². The predicted molar refractivity (Wildman–Crippen MR) is 92.8 cm³/mol. The molecule has 4 nitrogen and oxygen atoms in total. The van der Waals surface area contributed by atoms with E-state index in [4.69, 9.17) is 9.47 Å². The van der Waals surface area contributed by atoms with Crippen LogP contribution in [0.2, 0.25) is 0 Å². The molecular formula is C20H18O4. The van der Waals surface area contributed by atoms with E-state index in [-0.39, 0.29) is 0 Å². The highest BCUT2D eigenvalue weighted by Gasteiger charge is 2.16. The molecule has 2 aromatic carbocycles. The molecule has 0 saturated carbocycles. The SMILES string of the molecule is C=C(C)C(=O)Oc1ccccc1-c1ccccc1OC(=O)C(=C)C. The number of ether oxygens (including phenoxy) is 2. The van der Waals surface area contributed by atoms with E-state index in [0.29, 0.717) is 33.8 Å². The third-order valence-corrected chi connectivity index (χ3v) is 3.17. The summed E-state index contributed by atoms with van der Waals surface area (Å²) in [5, 5.41) is 0. The summed E-state index contributed by atoms with van der Waals surface area (Å²) >= 11 is 0. The molecule has 0 N–H and O–H groups in total. The molecule has 0 aliphatic carbocycles. The Morgan fingerprint density at radius 2 is 1.04 bits per heavy atom. The molecule has 0 unspecified atom stereocenters. The van der Waals surface area contributed by atoms with Crippen molar-refractivity contribution in [3.05, 3.63) is 72.8 Å². The Bertz CT molecular complexity index is 748. The van der Waals surface area contributed by atoms with Crippen LogP contribution in [0.25, 0.3) is 11.1 Å². The fourth-order valence-corrected chi connectivity index (χ4v) is 1.93. The normalized spacial score (nSPS) is 9.92. The molecule has 0 aliphatic heterocycles. The van der Waals surface area contributed by atoms with Gasteiger partial charge in [0.25, 0.3) is 0 Å². The minimum Gasteiger partial charge on any atom is -0.423 e. The third kappa shape index (κ3) is 3.98. The number of carbonyl (C=O) groups excluding carboxylic acids is 2. The van der Waals surface area contributed by atoms with Gasteiger partial charge >= 0.3 is 11.9 Å². The molecule has 4 heteroatoms. The molecule has 0 saturated heterocycles. The molecule has 0 heterocycles. The molecule has 0 spiro atoms. The van der Waals surface area contributed by atoms with Crippen LogP contribution < -0.4 is 9.47 Å². The zero-order valence-corrected chi connectivity index (χ0v) is 13.7. The van der Waals surface area contributed by atoms with Crippen LogP contribution >= 0.6 is 0 Å². The Morgan fingerprint density at radius 3 is 1.38 bits per heavy atom. The van der Waals surface area contributed by atoms with Crippen molar-refractivity contribution in [1.29, 1.82) is 0 Å². The highest BCUT2D eigenvalue weighted by molar-refractivity contribution is 5.92. The van der Waals surface area contributed by atoms with Crippen LogP contribution in [0.1, 0.15) is 13.8 Å². The summed E-state index contributed by atoms with van der Waals surface area (Å²) in [6, 6.07) is 14.1. The highest BCUT2D eigenvalue weighted by Crippen LogP contribution is 2.36. The van der Waals surface area contributed by atoms with Crippen LogP contribution in [0.5, 0.6) is 11.5 Å². The fourth-order valence-electron chi connectivity index (χ4n) is 1.93. The van der Waals surface area contributed by atoms with Crippen LogP contribution in [0.4, 0.5) is 0 Å². The van der Waals surface area contributed by atoms with Gasteiger partial charge in [0.2, 0.25) is 0 Å². The van der Waals surface area contributed by atoms with Crippen LogP contribution in [0, 0.1) is 0 Å². The third-order valence-electron chi connectivity index (χ3n) is 3.17. The maximum atomic E-state index is 11.8. The molecule has 0 aliphatic rings. The average molecular weight is 322 g/mol. The zero-order chi connectivity index (χ0) is 17.7. The van der Waals surface area contributed by atoms with Crippen LogP contribution in [0.3, 0.4) is 0 Å². The topological polar surface area (TPSA) is 52.6 Å². The Balaban J connectivity index is 2.46. The summed E-state index contributed by atoms with van der Waals surface area (Å²) in [6.07, 6.45) is 0. The summed E-state index contributed by atoms with van der Waals surface area (Å²) in [6.45, 7) is 10.3. The molecule has 2 rings (SSSR count). The lowest BCUT2D eigenvalue weighted by Gasteiger charge is -2.13. The smallest absolute Gasteiger partial charge is 0.338 e. The molecule has 0 radical (unpaired) electrons. The van der Waals surface area contributed by atoms with Crippen molar-refractivity contribution in [3.8, 4) is 22.6 Å². The number of hydrogen-bond donors (Lipinski definition) is 0. The van der Waals surface area contributed by atoms with Crippen molar-refractivity contribution in [2.45, 2.75) is 13.8 Å². The lowest BCUT2D eigenvalue weighted by atomic mass is 10.0. The van der Waals surface area contributed by atoms with E-state index >= 15 is 0 Å². The number of rotatable bonds is 5. The maximum Gasteiger partial charge on any atom is 0.338 e. The van der Waals surface area contributed by atoms with Gasteiger partial charge in [-0.2, -0.15) is 0 Å². The monoisotopic (exact) mass is 322 g/mol. The fraction of sp³-hybridized carbons (Fsp3) is 0.100. The van der Waals surface area contributed by atoms with Crippen molar-refractivity contribution < 1.29 is 19.1 Å². The van der Waals surface area contributed by atoms with Crippen molar-refractivity contribution in [1.82, 2.24) is 0 Å². The second-order valence-electron chi connectivity index (χ2n) is 5.33. The molecule has 2 aromatic rings. The first-order valence-corrected chi connectivity index (χ1v) is 7.34. The van der Waals surface area contributed by atoms with Gasteiger partial charge in [0.05, 0.1) is 0 Å². The van der Waals surface area contributed by atoms with Gasteiger partial charge in [0.15, 0.2) is 0 Å². The van der Waals surface area contributed by atoms with Crippen molar-refractivity contribution in [3.63, 3.8) is 0 Å². The lowest BCUT2D eigenvalue weighted by molar-refractivity contribution is -0.131. The van der Waals surface area contributed by atoms with E-state index in [0.717, 1.165) is 0 Å². The molecule has 0 aromatic heterocycles. The number of benzene rings is 2. The predicted octanol–water partition coefficient (Wildman–Crippen LogP) is 4.32. The Kier molecular flexibility index (Phi) is 5.32. The first kappa shape index (κ1) is 17.2. The molecule has 0 amide bonds. The second kappa shape index (κ2) is 7.42. The second-order valence-corrected chi connectivity index (χ2v) is 5.33. The lowest BCUT2D eigenvalue weighted by Crippen LogP contribution is -2.10. The largest absolute Gasteiger partial charge is 0.423 e. The Labute approximate surface area is 141 Å². The summed E-state index contributed by atoms with van der Waals surface area (Å²) in [7, 11) is 0. The quantitative estimate of drug-likeness (QED) is 0.467. The molecule has 0 bridgehead atoms. The van der Waals surface area contributed by atoms with Gasteiger partial charge in [-0.05, 0) is 26.0 Å². The standard InChI is InChI=1S/C20H18O4/c1-13(2)19(21)23-17-11-7-5-9-15(17)16-10-6-8-12-18(16)24-20(22)14(3)4/h5-12H,1,3H2,2,4H3. The van der Waals surface area contributed by atoms with Gasteiger partial charge in [-0.25, -0.2) is 9.59 Å².